The van der Waals surface area contributed by atoms with Crippen LogP contribution in [0, 0.1) is 0 Å². The normalized spacial score (nSPS) is 12.4. The predicted molar refractivity (Wildman–Crippen MR) is 115 cm³/mol. The summed E-state index contributed by atoms with van der Waals surface area (Å²) in [6.45, 7) is 1.81. The van der Waals surface area contributed by atoms with Gasteiger partial charge in [-0.2, -0.15) is 0 Å². The van der Waals surface area contributed by atoms with Crippen LogP contribution < -0.4 is 5.32 Å². The first-order chi connectivity index (χ1) is 14.3. The van der Waals surface area contributed by atoms with Gasteiger partial charge in [-0.1, -0.05) is 84.9 Å². The molecule has 1 aliphatic heterocycles. The molecule has 4 heteroatoms. The van der Waals surface area contributed by atoms with Gasteiger partial charge in [-0.3, -0.25) is 9.79 Å². The molecule has 3 aromatic carbocycles. The second-order valence-electron chi connectivity index (χ2n) is 7.02. The Morgan fingerprint density at radius 2 is 1.52 bits per heavy atom. The Balaban J connectivity index is 1.31. The number of benzene rings is 3. The van der Waals surface area contributed by atoms with Gasteiger partial charge in [-0.05, 0) is 23.1 Å². The maximum atomic E-state index is 12.9. The summed E-state index contributed by atoms with van der Waals surface area (Å²) in [6, 6.07) is 27.8. The molecular weight excluding hydrogens is 360 g/mol. The Morgan fingerprint density at radius 1 is 0.897 bits per heavy atom. The molecule has 0 unspecified atom stereocenters. The topological polar surface area (TPSA) is 50.7 Å². The van der Waals surface area contributed by atoms with Gasteiger partial charge in [0.1, 0.15) is 11.8 Å². The molecule has 3 aromatic rings. The summed E-state index contributed by atoms with van der Waals surface area (Å²) in [5.74, 6) is 0.306. The van der Waals surface area contributed by atoms with E-state index in [0.717, 1.165) is 35.5 Å². The molecule has 0 radical (unpaired) electrons. The summed E-state index contributed by atoms with van der Waals surface area (Å²) < 4.78 is 5.63. The summed E-state index contributed by atoms with van der Waals surface area (Å²) in [4.78, 5) is 17.4. The number of rotatable bonds is 7. The monoisotopic (exact) mass is 384 g/mol. The number of carbonyl (C=O) groups excluding carboxylic acids is 1. The number of fused-ring (bicyclic) bond motifs is 1. The van der Waals surface area contributed by atoms with Gasteiger partial charge >= 0.3 is 5.97 Å². The van der Waals surface area contributed by atoms with Gasteiger partial charge in [-0.15, -0.1) is 0 Å². The van der Waals surface area contributed by atoms with Crippen LogP contribution in [0.5, 0.6) is 0 Å². The van der Waals surface area contributed by atoms with Crippen LogP contribution in [0.1, 0.15) is 34.6 Å². The average molecular weight is 384 g/mol. The van der Waals surface area contributed by atoms with E-state index in [9.17, 15) is 4.79 Å². The van der Waals surface area contributed by atoms with Crippen LogP contribution in [0.4, 0.5) is 0 Å². The molecule has 0 saturated carbocycles. The van der Waals surface area contributed by atoms with Crippen molar-refractivity contribution in [1.29, 1.82) is 0 Å². The maximum absolute atomic E-state index is 12.9. The van der Waals surface area contributed by atoms with Gasteiger partial charge in [-0.25, -0.2) is 0 Å². The molecule has 0 amide bonds. The molecule has 0 aliphatic carbocycles. The molecule has 4 rings (SSSR count). The molecule has 1 heterocycles. The van der Waals surface area contributed by atoms with Gasteiger partial charge in [0.15, 0.2) is 0 Å². The minimum absolute atomic E-state index is 0.217. The number of nitrogens with zero attached hydrogens (tertiary/aromatic N) is 1. The largest absolute Gasteiger partial charge is 0.465 e. The lowest BCUT2D eigenvalue weighted by molar-refractivity contribution is -0.144. The third-order valence-corrected chi connectivity index (χ3v) is 5.04. The van der Waals surface area contributed by atoms with Gasteiger partial charge in [0, 0.05) is 12.1 Å². The number of amidine groups is 1. The molecule has 1 N–H and O–H groups in total. The summed E-state index contributed by atoms with van der Waals surface area (Å²) in [6.07, 6.45) is 0.725. The van der Waals surface area contributed by atoms with Gasteiger partial charge in [0.2, 0.25) is 0 Å². The fraction of sp³-hybridized carbons (Fsp3) is 0.200. The van der Waals surface area contributed by atoms with Crippen molar-refractivity contribution in [1.82, 2.24) is 5.32 Å². The smallest absolute Gasteiger partial charge is 0.317 e. The average Bonchev–Trinajstić information content (AvgIpc) is 3.18. The number of nitrogens with one attached hydrogen (secondary N) is 1. The van der Waals surface area contributed by atoms with E-state index in [1.165, 1.54) is 5.56 Å². The quantitative estimate of drug-likeness (QED) is 0.488. The van der Waals surface area contributed by atoms with Gasteiger partial charge < -0.3 is 10.1 Å². The highest BCUT2D eigenvalue weighted by Gasteiger charge is 2.24. The molecular formula is C25H24N2O2. The molecule has 146 valence electrons. The van der Waals surface area contributed by atoms with Crippen LogP contribution in [0.15, 0.2) is 89.9 Å². The Labute approximate surface area is 171 Å². The minimum Gasteiger partial charge on any atom is -0.465 e. The first kappa shape index (κ1) is 18.9. The van der Waals surface area contributed by atoms with Crippen LogP contribution in [-0.4, -0.2) is 25.0 Å². The van der Waals surface area contributed by atoms with Crippen LogP contribution in [0.3, 0.4) is 0 Å². The van der Waals surface area contributed by atoms with Gasteiger partial charge in [0.25, 0.3) is 0 Å². The fourth-order valence-corrected chi connectivity index (χ4v) is 3.58. The van der Waals surface area contributed by atoms with E-state index in [4.69, 9.17) is 4.74 Å². The molecule has 4 nitrogen and oxygen atoms in total. The van der Waals surface area contributed by atoms with Crippen molar-refractivity contribution in [2.45, 2.75) is 18.9 Å². The molecule has 0 spiro atoms. The Bertz CT molecular complexity index is 944. The van der Waals surface area contributed by atoms with Crippen molar-refractivity contribution in [3.05, 3.63) is 107 Å². The number of carbonyl (C=O) groups is 1. The Hall–Kier alpha value is -3.40. The van der Waals surface area contributed by atoms with E-state index in [1.807, 2.05) is 72.8 Å². The molecule has 0 atom stereocenters. The Kier molecular flexibility index (Phi) is 6.01. The SMILES string of the molecule is O=C(OCCCNC1=NCc2ccccc21)C(c1ccccc1)c1ccccc1. The van der Waals surface area contributed by atoms with Crippen LogP contribution in [0.25, 0.3) is 0 Å². The van der Waals surface area contributed by atoms with Crippen molar-refractivity contribution < 1.29 is 9.53 Å². The summed E-state index contributed by atoms with van der Waals surface area (Å²) in [5, 5.41) is 3.36. The zero-order valence-electron chi connectivity index (χ0n) is 16.3. The number of hydrogen-bond donors (Lipinski definition) is 1. The van der Waals surface area contributed by atoms with Crippen molar-refractivity contribution in [2.75, 3.05) is 13.2 Å². The lowest BCUT2D eigenvalue weighted by Gasteiger charge is -2.17. The zero-order chi connectivity index (χ0) is 19.9. The van der Waals surface area contributed by atoms with E-state index in [-0.39, 0.29) is 5.97 Å². The van der Waals surface area contributed by atoms with Crippen molar-refractivity contribution >= 4 is 11.8 Å². The highest BCUT2D eigenvalue weighted by Crippen LogP contribution is 2.26. The summed E-state index contributed by atoms with van der Waals surface area (Å²) in [5.41, 5.74) is 4.30. The summed E-state index contributed by atoms with van der Waals surface area (Å²) in [7, 11) is 0. The lowest BCUT2D eigenvalue weighted by atomic mass is 9.91. The number of aliphatic imine (C=N–C) groups is 1. The van der Waals surface area contributed by atoms with E-state index >= 15 is 0 Å². The summed E-state index contributed by atoms with van der Waals surface area (Å²) >= 11 is 0. The molecule has 0 aromatic heterocycles. The van der Waals surface area contributed by atoms with Crippen LogP contribution in [-0.2, 0) is 16.1 Å². The van der Waals surface area contributed by atoms with Gasteiger partial charge in [0.05, 0.1) is 13.2 Å². The maximum Gasteiger partial charge on any atom is 0.317 e. The van der Waals surface area contributed by atoms with E-state index in [0.29, 0.717) is 13.2 Å². The van der Waals surface area contributed by atoms with Crippen molar-refractivity contribution in [3.8, 4) is 0 Å². The van der Waals surface area contributed by atoms with Crippen LogP contribution >= 0.6 is 0 Å². The minimum atomic E-state index is -0.406. The molecule has 0 fully saturated rings. The highest BCUT2D eigenvalue weighted by atomic mass is 16.5. The molecule has 0 saturated heterocycles. The second-order valence-corrected chi connectivity index (χ2v) is 7.02. The van der Waals surface area contributed by atoms with Crippen LogP contribution in [0.2, 0.25) is 0 Å². The third-order valence-electron chi connectivity index (χ3n) is 5.04. The van der Waals surface area contributed by atoms with Crippen molar-refractivity contribution in [2.24, 2.45) is 4.99 Å². The molecule has 1 aliphatic rings. The fourth-order valence-electron chi connectivity index (χ4n) is 3.58. The third kappa shape index (κ3) is 4.54. The first-order valence-electron chi connectivity index (χ1n) is 9.96. The number of ether oxygens (including phenoxy) is 1. The van der Waals surface area contributed by atoms with E-state index in [2.05, 4.69) is 22.4 Å². The zero-order valence-corrected chi connectivity index (χ0v) is 16.3. The Morgan fingerprint density at radius 3 is 2.21 bits per heavy atom. The predicted octanol–water partition coefficient (Wildman–Crippen LogP) is 4.30. The molecule has 0 bridgehead atoms. The van der Waals surface area contributed by atoms with E-state index in [1.54, 1.807) is 0 Å². The standard InChI is InChI=1S/C25H24N2O2/c28-25(23(19-10-3-1-4-11-19)20-12-5-2-6-13-20)29-17-9-16-26-24-22-15-8-7-14-21(22)18-27-24/h1-8,10-15,23H,9,16-18H2,(H,26,27). The number of hydrogen-bond acceptors (Lipinski definition) is 4. The molecule has 29 heavy (non-hydrogen) atoms. The van der Waals surface area contributed by atoms with E-state index < -0.39 is 5.92 Å². The second kappa shape index (κ2) is 9.20. The van der Waals surface area contributed by atoms with Crippen molar-refractivity contribution in [3.63, 3.8) is 0 Å². The lowest BCUT2D eigenvalue weighted by Crippen LogP contribution is -2.26. The highest BCUT2D eigenvalue weighted by molar-refractivity contribution is 6.01. The number of esters is 1. The first-order valence-corrected chi connectivity index (χ1v) is 9.96.